The van der Waals surface area contributed by atoms with Crippen LogP contribution in [0.15, 0.2) is 48.0 Å². The summed E-state index contributed by atoms with van der Waals surface area (Å²) in [6, 6.07) is 0. The first-order chi connectivity index (χ1) is 11.4. The van der Waals surface area contributed by atoms with Crippen molar-refractivity contribution in [3.63, 3.8) is 0 Å². The lowest BCUT2D eigenvalue weighted by molar-refractivity contribution is -0.139. The van der Waals surface area contributed by atoms with Gasteiger partial charge in [-0.2, -0.15) is 0 Å². The second kappa shape index (κ2) is 6.90. The molecule has 0 saturated heterocycles. The summed E-state index contributed by atoms with van der Waals surface area (Å²) in [4.78, 5) is 12.7. The molecular weight excluding hydrogens is 316 g/mol. The first-order valence-electron chi connectivity index (χ1n) is 7.32. The van der Waals surface area contributed by atoms with E-state index < -0.39 is 29.2 Å². The van der Waals surface area contributed by atoms with E-state index in [1.54, 1.807) is 0 Å². The van der Waals surface area contributed by atoms with E-state index in [1.165, 1.54) is 64.9 Å². The molecule has 0 spiro atoms. The topological polar surface area (TPSA) is 94.5 Å². The molecule has 2 N–H and O–H groups in total. The van der Waals surface area contributed by atoms with E-state index in [-0.39, 0.29) is 11.5 Å². The fraction of sp³-hybridized carbons (Fsp3) is 0.471. The third-order valence-corrected chi connectivity index (χ3v) is 4.27. The van der Waals surface area contributed by atoms with Crippen LogP contribution in [0, 0.1) is 11.8 Å². The molecule has 2 aliphatic carbocycles. The van der Waals surface area contributed by atoms with Crippen LogP contribution >= 0.6 is 0 Å². The predicted molar refractivity (Wildman–Crippen MR) is 85.2 cm³/mol. The smallest absolute Gasteiger partial charge is 0.211 e. The molecule has 0 bridgehead atoms. The van der Waals surface area contributed by atoms with Crippen molar-refractivity contribution in [3.05, 3.63) is 48.0 Å². The fourth-order valence-electron chi connectivity index (χ4n) is 2.70. The van der Waals surface area contributed by atoms with Crippen molar-refractivity contribution in [2.45, 2.75) is 11.6 Å². The highest BCUT2D eigenvalue weighted by atomic mass is 16.7. The molecule has 0 saturated carbocycles. The van der Waals surface area contributed by atoms with Crippen LogP contribution in [0.25, 0.3) is 0 Å². The van der Waals surface area contributed by atoms with Crippen molar-refractivity contribution >= 4 is 5.78 Å². The maximum absolute atomic E-state index is 12.7. The van der Waals surface area contributed by atoms with Crippen LogP contribution in [0.2, 0.25) is 0 Å². The molecule has 0 fully saturated rings. The van der Waals surface area contributed by atoms with Gasteiger partial charge < -0.3 is 29.2 Å². The molecule has 0 aliphatic heterocycles. The summed E-state index contributed by atoms with van der Waals surface area (Å²) < 4.78 is 20.7. The van der Waals surface area contributed by atoms with Crippen LogP contribution in [0.5, 0.6) is 0 Å². The second-order valence-corrected chi connectivity index (χ2v) is 5.47. The summed E-state index contributed by atoms with van der Waals surface area (Å²) in [5.41, 5.74) is 0. The molecular formula is C17H22O7. The standard InChI is InChI=1S/C17H22O7/c1-21-16(22-2)7-5-11(13(18)9-16)15(20)12-6-8-17(23-3,24-4)10-14(12)19/h5-12,18-19H,1-4H3. The third-order valence-electron chi connectivity index (χ3n) is 4.27. The number of aliphatic hydroxyl groups is 2. The van der Waals surface area contributed by atoms with Crippen LogP contribution in [0.3, 0.4) is 0 Å². The van der Waals surface area contributed by atoms with Gasteiger partial charge in [-0.25, -0.2) is 0 Å². The average molecular weight is 338 g/mol. The molecule has 2 aliphatic rings. The minimum Gasteiger partial charge on any atom is -0.511 e. The Morgan fingerprint density at radius 3 is 1.42 bits per heavy atom. The summed E-state index contributed by atoms with van der Waals surface area (Å²) in [5.74, 6) is -5.04. The van der Waals surface area contributed by atoms with Gasteiger partial charge in [0.25, 0.3) is 0 Å². The molecule has 0 heterocycles. The summed E-state index contributed by atoms with van der Waals surface area (Å²) >= 11 is 0. The average Bonchev–Trinajstić information content (AvgIpc) is 2.60. The Morgan fingerprint density at radius 1 is 0.833 bits per heavy atom. The quantitative estimate of drug-likeness (QED) is 0.563. The number of carbonyl (C=O) groups excluding carboxylic acids is 1. The zero-order valence-electron chi connectivity index (χ0n) is 14.1. The van der Waals surface area contributed by atoms with E-state index in [4.69, 9.17) is 18.9 Å². The number of rotatable bonds is 6. The van der Waals surface area contributed by atoms with Crippen LogP contribution < -0.4 is 0 Å². The molecule has 2 unspecified atom stereocenters. The number of ether oxygens (including phenoxy) is 4. The summed E-state index contributed by atoms with van der Waals surface area (Å²) in [6.07, 6.45) is 8.68. The van der Waals surface area contributed by atoms with Crippen LogP contribution in [-0.2, 0) is 23.7 Å². The zero-order valence-corrected chi connectivity index (χ0v) is 14.1. The molecule has 2 rings (SSSR count). The number of aliphatic hydroxyl groups excluding tert-OH is 2. The number of carbonyl (C=O) groups is 1. The van der Waals surface area contributed by atoms with E-state index in [9.17, 15) is 15.0 Å². The third kappa shape index (κ3) is 3.16. The van der Waals surface area contributed by atoms with E-state index in [1.807, 2.05) is 0 Å². The van der Waals surface area contributed by atoms with Gasteiger partial charge >= 0.3 is 0 Å². The Balaban J connectivity index is 2.23. The van der Waals surface area contributed by atoms with Crippen molar-refractivity contribution in [2.75, 3.05) is 28.4 Å². The molecule has 7 nitrogen and oxygen atoms in total. The largest absolute Gasteiger partial charge is 0.511 e. The van der Waals surface area contributed by atoms with Gasteiger partial charge in [-0.15, -0.1) is 0 Å². The Morgan fingerprint density at radius 2 is 1.17 bits per heavy atom. The highest BCUT2D eigenvalue weighted by Gasteiger charge is 2.39. The first-order valence-corrected chi connectivity index (χ1v) is 7.32. The van der Waals surface area contributed by atoms with Crippen molar-refractivity contribution in [1.82, 2.24) is 0 Å². The minimum absolute atomic E-state index is 0.206. The number of hydrogen-bond donors (Lipinski definition) is 2. The second-order valence-electron chi connectivity index (χ2n) is 5.47. The number of allylic oxidation sites excluding steroid dienone is 2. The lowest BCUT2D eigenvalue weighted by Crippen LogP contribution is -2.37. The predicted octanol–water partition coefficient (Wildman–Crippen LogP) is 1.79. The fourth-order valence-corrected chi connectivity index (χ4v) is 2.70. The van der Waals surface area contributed by atoms with Crippen molar-refractivity contribution in [3.8, 4) is 0 Å². The molecule has 24 heavy (non-hydrogen) atoms. The molecule has 0 aromatic rings. The lowest BCUT2D eigenvalue weighted by atomic mass is 9.83. The normalized spacial score (nSPS) is 27.5. The monoisotopic (exact) mass is 338 g/mol. The number of methoxy groups -OCH3 is 4. The van der Waals surface area contributed by atoms with Gasteiger partial charge in [0.1, 0.15) is 11.5 Å². The molecule has 0 aromatic carbocycles. The minimum atomic E-state index is -1.21. The molecule has 0 radical (unpaired) electrons. The molecule has 132 valence electrons. The van der Waals surface area contributed by atoms with E-state index >= 15 is 0 Å². The van der Waals surface area contributed by atoms with Gasteiger partial charge in [0.2, 0.25) is 11.6 Å². The van der Waals surface area contributed by atoms with E-state index in [0.717, 1.165) is 0 Å². The van der Waals surface area contributed by atoms with E-state index in [2.05, 4.69) is 0 Å². The number of hydrogen-bond acceptors (Lipinski definition) is 7. The highest BCUT2D eigenvalue weighted by Crippen LogP contribution is 2.33. The molecule has 7 heteroatoms. The Hall–Kier alpha value is -1.93. The summed E-state index contributed by atoms with van der Waals surface area (Å²) in [5, 5.41) is 20.4. The van der Waals surface area contributed by atoms with Crippen LogP contribution in [0.1, 0.15) is 0 Å². The van der Waals surface area contributed by atoms with Crippen molar-refractivity contribution in [1.29, 1.82) is 0 Å². The molecule has 0 amide bonds. The molecule has 2 atom stereocenters. The lowest BCUT2D eigenvalue weighted by Gasteiger charge is -2.32. The van der Waals surface area contributed by atoms with Gasteiger partial charge in [-0.05, 0) is 12.2 Å². The van der Waals surface area contributed by atoms with Crippen LogP contribution in [-0.4, -0.2) is 56.0 Å². The summed E-state index contributed by atoms with van der Waals surface area (Å²) in [7, 11) is 5.70. The van der Waals surface area contributed by atoms with Gasteiger partial charge in [0.05, 0.1) is 11.8 Å². The Bertz CT molecular complexity index is 554. The van der Waals surface area contributed by atoms with Crippen molar-refractivity contribution < 1.29 is 34.0 Å². The van der Waals surface area contributed by atoms with Crippen LogP contribution in [0.4, 0.5) is 0 Å². The van der Waals surface area contributed by atoms with Gasteiger partial charge in [-0.1, -0.05) is 12.2 Å². The number of Topliss-reactive ketones (excluding diaryl/α,β-unsaturated/α-hetero) is 1. The highest BCUT2D eigenvalue weighted by molar-refractivity contribution is 5.91. The maximum atomic E-state index is 12.7. The van der Waals surface area contributed by atoms with Gasteiger partial charge in [-0.3, -0.25) is 4.79 Å². The maximum Gasteiger partial charge on any atom is 0.211 e. The Labute approximate surface area is 140 Å². The zero-order chi connectivity index (χ0) is 18.0. The SMILES string of the molecule is COC1(OC)C=CC(C(=O)C2C=CC(OC)(OC)C=C2O)C(O)=C1. The van der Waals surface area contributed by atoms with Crippen molar-refractivity contribution in [2.24, 2.45) is 11.8 Å². The molecule has 0 aromatic heterocycles. The first kappa shape index (κ1) is 18.4. The number of ketones is 1. The summed E-state index contributed by atoms with van der Waals surface area (Å²) in [6.45, 7) is 0. The Kier molecular flexibility index (Phi) is 5.29. The van der Waals surface area contributed by atoms with Gasteiger partial charge in [0, 0.05) is 40.6 Å². The van der Waals surface area contributed by atoms with E-state index in [0.29, 0.717) is 0 Å². The van der Waals surface area contributed by atoms with Gasteiger partial charge in [0.15, 0.2) is 5.78 Å².